The van der Waals surface area contributed by atoms with Crippen molar-refractivity contribution < 1.29 is 13.9 Å². The molecule has 0 saturated carbocycles. The van der Waals surface area contributed by atoms with Crippen molar-refractivity contribution >= 4 is 23.2 Å². The van der Waals surface area contributed by atoms with Crippen LogP contribution in [0.25, 0.3) is 0 Å². The molecule has 0 spiro atoms. The molecular formula is C13H12ClNO3. The number of amides is 1. The van der Waals surface area contributed by atoms with Crippen LogP contribution >= 0.6 is 11.6 Å². The molecule has 4 nitrogen and oxygen atoms in total. The Morgan fingerprint density at radius 2 is 2.11 bits per heavy atom. The number of methoxy groups -OCH3 is 1. The fraction of sp³-hybridized carbons (Fsp3) is 0.154. The Bertz CT molecular complexity index is 577. The predicted molar refractivity (Wildman–Crippen MR) is 69.4 cm³/mol. The van der Waals surface area contributed by atoms with Crippen molar-refractivity contribution in [1.82, 2.24) is 0 Å². The van der Waals surface area contributed by atoms with E-state index in [2.05, 4.69) is 5.32 Å². The third-order valence-corrected chi connectivity index (χ3v) is 2.61. The highest BCUT2D eigenvalue weighted by Crippen LogP contribution is 2.28. The van der Waals surface area contributed by atoms with Crippen molar-refractivity contribution in [2.24, 2.45) is 0 Å². The second kappa shape index (κ2) is 5.14. The molecule has 2 rings (SSSR count). The average Bonchev–Trinajstić information content (AvgIpc) is 2.76. The van der Waals surface area contributed by atoms with Crippen LogP contribution in [0.15, 0.2) is 34.7 Å². The highest BCUT2D eigenvalue weighted by Gasteiger charge is 2.13. The Balaban J connectivity index is 2.23. The summed E-state index contributed by atoms with van der Waals surface area (Å²) >= 11 is 5.88. The molecule has 0 saturated heterocycles. The van der Waals surface area contributed by atoms with Gasteiger partial charge in [0.05, 0.1) is 12.8 Å². The number of benzene rings is 1. The quantitative estimate of drug-likeness (QED) is 0.924. The first-order valence-corrected chi connectivity index (χ1v) is 5.69. The minimum atomic E-state index is -0.344. The van der Waals surface area contributed by atoms with E-state index in [1.54, 1.807) is 37.3 Å². The van der Waals surface area contributed by atoms with Crippen LogP contribution in [0.1, 0.15) is 16.3 Å². The third kappa shape index (κ3) is 2.65. The highest BCUT2D eigenvalue weighted by atomic mass is 35.5. The summed E-state index contributed by atoms with van der Waals surface area (Å²) in [6, 6.07) is 8.33. The van der Waals surface area contributed by atoms with E-state index in [1.807, 2.05) is 0 Å². The number of nitrogens with one attached hydrogen (secondary N) is 1. The second-order valence-corrected chi connectivity index (χ2v) is 4.15. The SMILES string of the molecule is COc1ccc(Cl)cc1NC(=O)c1ccc(C)o1. The van der Waals surface area contributed by atoms with E-state index in [4.69, 9.17) is 20.8 Å². The van der Waals surface area contributed by atoms with Crippen LogP contribution in [0.5, 0.6) is 5.75 Å². The molecule has 18 heavy (non-hydrogen) atoms. The maximum absolute atomic E-state index is 11.9. The van der Waals surface area contributed by atoms with Gasteiger partial charge in [0.25, 0.3) is 5.91 Å². The Kier molecular flexibility index (Phi) is 3.58. The number of halogens is 1. The lowest BCUT2D eigenvalue weighted by atomic mass is 10.3. The zero-order valence-corrected chi connectivity index (χ0v) is 10.7. The molecule has 2 aromatic rings. The van der Waals surface area contributed by atoms with E-state index in [1.165, 1.54) is 7.11 Å². The first kappa shape index (κ1) is 12.5. The zero-order valence-electron chi connectivity index (χ0n) is 9.99. The van der Waals surface area contributed by atoms with Crippen molar-refractivity contribution in [1.29, 1.82) is 0 Å². The first-order valence-electron chi connectivity index (χ1n) is 5.31. The van der Waals surface area contributed by atoms with E-state index in [9.17, 15) is 4.79 Å². The molecule has 0 aliphatic carbocycles. The average molecular weight is 266 g/mol. The van der Waals surface area contributed by atoms with E-state index in [0.29, 0.717) is 22.2 Å². The summed E-state index contributed by atoms with van der Waals surface area (Å²) in [6.45, 7) is 1.77. The molecule has 5 heteroatoms. The van der Waals surface area contributed by atoms with Crippen LogP contribution in [0, 0.1) is 6.92 Å². The lowest BCUT2D eigenvalue weighted by Crippen LogP contribution is -2.11. The molecule has 94 valence electrons. The van der Waals surface area contributed by atoms with Gasteiger partial charge in [0.1, 0.15) is 11.5 Å². The number of furan rings is 1. The topological polar surface area (TPSA) is 51.5 Å². The smallest absolute Gasteiger partial charge is 0.291 e. The number of ether oxygens (including phenoxy) is 1. The van der Waals surface area contributed by atoms with Gasteiger partial charge in [-0.2, -0.15) is 0 Å². The number of hydrogen-bond acceptors (Lipinski definition) is 3. The molecule has 0 aliphatic heterocycles. The van der Waals surface area contributed by atoms with Gasteiger partial charge < -0.3 is 14.5 Å². The highest BCUT2D eigenvalue weighted by molar-refractivity contribution is 6.31. The van der Waals surface area contributed by atoms with E-state index < -0.39 is 0 Å². The lowest BCUT2D eigenvalue weighted by Gasteiger charge is -2.09. The number of aryl methyl sites for hydroxylation is 1. The van der Waals surface area contributed by atoms with Crippen LogP contribution < -0.4 is 10.1 Å². The van der Waals surface area contributed by atoms with Gasteiger partial charge in [-0.3, -0.25) is 4.79 Å². The van der Waals surface area contributed by atoms with Crippen LogP contribution in [-0.2, 0) is 0 Å². The summed E-state index contributed by atoms with van der Waals surface area (Å²) in [5.41, 5.74) is 0.504. The number of carbonyl (C=O) groups is 1. The van der Waals surface area contributed by atoms with Crippen LogP contribution in [0.2, 0.25) is 5.02 Å². The van der Waals surface area contributed by atoms with Gasteiger partial charge in [-0.15, -0.1) is 0 Å². The monoisotopic (exact) mass is 265 g/mol. The third-order valence-electron chi connectivity index (χ3n) is 2.37. The molecule has 0 bridgehead atoms. The summed E-state index contributed by atoms with van der Waals surface area (Å²) in [5, 5.41) is 3.21. The van der Waals surface area contributed by atoms with E-state index >= 15 is 0 Å². The molecule has 1 amide bonds. The minimum absolute atomic E-state index is 0.245. The van der Waals surface area contributed by atoms with Gasteiger partial charge in [0.15, 0.2) is 5.76 Å². The molecule has 1 aromatic heterocycles. The largest absolute Gasteiger partial charge is 0.495 e. The van der Waals surface area contributed by atoms with Gasteiger partial charge >= 0.3 is 0 Å². The van der Waals surface area contributed by atoms with Crippen molar-refractivity contribution in [3.8, 4) is 5.75 Å². The molecule has 1 aromatic carbocycles. The fourth-order valence-corrected chi connectivity index (χ4v) is 1.69. The molecule has 0 atom stereocenters. The van der Waals surface area contributed by atoms with Gasteiger partial charge in [-0.25, -0.2) is 0 Å². The summed E-state index contributed by atoms with van der Waals surface area (Å²) < 4.78 is 10.4. The molecule has 0 radical (unpaired) electrons. The van der Waals surface area contributed by atoms with E-state index in [-0.39, 0.29) is 11.7 Å². The summed E-state index contributed by atoms with van der Waals surface area (Å²) in [7, 11) is 1.52. The van der Waals surface area contributed by atoms with Gasteiger partial charge in [0, 0.05) is 5.02 Å². The number of carbonyl (C=O) groups excluding carboxylic acids is 1. The summed E-state index contributed by atoms with van der Waals surface area (Å²) in [5.74, 6) is 1.12. The molecule has 0 fully saturated rings. The number of anilines is 1. The van der Waals surface area contributed by atoms with Crippen molar-refractivity contribution in [3.05, 3.63) is 46.9 Å². The first-order chi connectivity index (χ1) is 8.60. The maximum Gasteiger partial charge on any atom is 0.291 e. The van der Waals surface area contributed by atoms with Crippen LogP contribution in [-0.4, -0.2) is 13.0 Å². The Morgan fingerprint density at radius 1 is 1.33 bits per heavy atom. The van der Waals surface area contributed by atoms with E-state index in [0.717, 1.165) is 0 Å². The zero-order chi connectivity index (χ0) is 13.1. The standard InChI is InChI=1S/C13H12ClNO3/c1-8-3-5-12(18-8)13(16)15-10-7-9(14)4-6-11(10)17-2/h3-7H,1-2H3,(H,15,16). The van der Waals surface area contributed by atoms with Gasteiger partial charge in [0.2, 0.25) is 0 Å². The predicted octanol–water partition coefficient (Wildman–Crippen LogP) is 3.50. The second-order valence-electron chi connectivity index (χ2n) is 3.71. The van der Waals surface area contributed by atoms with Crippen molar-refractivity contribution in [3.63, 3.8) is 0 Å². The molecule has 0 unspecified atom stereocenters. The lowest BCUT2D eigenvalue weighted by molar-refractivity contribution is 0.0995. The Morgan fingerprint density at radius 3 is 2.72 bits per heavy atom. The Hall–Kier alpha value is -1.94. The van der Waals surface area contributed by atoms with Crippen molar-refractivity contribution in [2.45, 2.75) is 6.92 Å². The maximum atomic E-state index is 11.9. The van der Waals surface area contributed by atoms with Gasteiger partial charge in [-0.1, -0.05) is 11.6 Å². The number of hydrogen-bond donors (Lipinski definition) is 1. The molecule has 0 aliphatic rings. The molecule has 1 N–H and O–H groups in total. The van der Waals surface area contributed by atoms with Crippen LogP contribution in [0.3, 0.4) is 0 Å². The van der Waals surface area contributed by atoms with Gasteiger partial charge in [-0.05, 0) is 37.3 Å². The molecule has 1 heterocycles. The minimum Gasteiger partial charge on any atom is -0.495 e. The normalized spacial score (nSPS) is 10.2. The summed E-state index contributed by atoms with van der Waals surface area (Å²) in [6.07, 6.45) is 0. The fourth-order valence-electron chi connectivity index (χ4n) is 1.52. The molecular weight excluding hydrogens is 254 g/mol. The number of rotatable bonds is 3. The Labute approximate surface area is 110 Å². The van der Waals surface area contributed by atoms with Crippen molar-refractivity contribution in [2.75, 3.05) is 12.4 Å². The van der Waals surface area contributed by atoms with Crippen LogP contribution in [0.4, 0.5) is 5.69 Å². The summed E-state index contributed by atoms with van der Waals surface area (Å²) in [4.78, 5) is 11.9.